The van der Waals surface area contributed by atoms with Crippen LogP contribution in [-0.2, 0) is 17.2 Å². The third kappa shape index (κ3) is 2.80. The second-order valence-electron chi connectivity index (χ2n) is 4.58. The van der Waals surface area contributed by atoms with Crippen LogP contribution < -0.4 is 0 Å². The van der Waals surface area contributed by atoms with Crippen LogP contribution in [0.25, 0.3) is 11.0 Å². The van der Waals surface area contributed by atoms with Crippen molar-refractivity contribution in [1.29, 1.82) is 0 Å². The molecule has 1 aromatic heterocycles. The number of Topliss-reactive ketones (excluding diaryl/α,β-unsaturated/α-hetero) is 1. The van der Waals surface area contributed by atoms with Gasteiger partial charge in [0.25, 0.3) is 0 Å². The van der Waals surface area contributed by atoms with E-state index in [-0.39, 0.29) is 11.9 Å². The zero-order valence-corrected chi connectivity index (χ0v) is 12.1. The van der Waals surface area contributed by atoms with Gasteiger partial charge in [-0.25, -0.2) is 4.98 Å². The highest BCUT2D eigenvalue weighted by atomic mass is 35.5. The number of ether oxygens (including phenoxy) is 1. The van der Waals surface area contributed by atoms with Gasteiger partial charge in [0.05, 0.1) is 29.6 Å². The summed E-state index contributed by atoms with van der Waals surface area (Å²) in [6, 6.07) is 5.51. The van der Waals surface area contributed by atoms with Gasteiger partial charge in [0.1, 0.15) is 5.82 Å². The van der Waals surface area contributed by atoms with E-state index in [1.54, 1.807) is 20.1 Å². The zero-order valence-electron chi connectivity index (χ0n) is 11.3. The number of hydrogen-bond acceptors (Lipinski definition) is 3. The molecule has 1 heterocycles. The summed E-state index contributed by atoms with van der Waals surface area (Å²) < 4.78 is 7.31. The van der Waals surface area contributed by atoms with Crippen LogP contribution in [0.4, 0.5) is 0 Å². The van der Waals surface area contributed by atoms with E-state index in [0.717, 1.165) is 16.9 Å². The lowest BCUT2D eigenvalue weighted by molar-refractivity contribution is 0.101. The Morgan fingerprint density at radius 2 is 2.26 bits per heavy atom. The molecule has 102 valence electrons. The van der Waals surface area contributed by atoms with Crippen LogP contribution in [0.5, 0.6) is 0 Å². The molecular formula is C14H17ClN2O2. The predicted molar refractivity (Wildman–Crippen MR) is 75.8 cm³/mol. The number of hydrogen-bond donors (Lipinski definition) is 0. The summed E-state index contributed by atoms with van der Waals surface area (Å²) in [5, 5.41) is 0. The van der Waals surface area contributed by atoms with E-state index in [2.05, 4.69) is 4.98 Å². The molecule has 2 aromatic rings. The Kier molecular flexibility index (Phi) is 4.22. The largest absolute Gasteiger partial charge is 0.380 e. The third-order valence-corrected chi connectivity index (χ3v) is 3.43. The Bertz CT molecular complexity index is 607. The van der Waals surface area contributed by atoms with Crippen LogP contribution in [0.1, 0.15) is 30.0 Å². The normalized spacial score (nSPS) is 12.8. The number of methoxy groups -OCH3 is 1. The number of rotatable bonds is 5. The smallest absolute Gasteiger partial charge is 0.159 e. The van der Waals surface area contributed by atoms with Crippen molar-refractivity contribution in [3.05, 3.63) is 29.6 Å². The van der Waals surface area contributed by atoms with Crippen molar-refractivity contribution in [2.75, 3.05) is 7.11 Å². The Morgan fingerprint density at radius 1 is 1.53 bits per heavy atom. The molecule has 1 atom stereocenters. The summed E-state index contributed by atoms with van der Waals surface area (Å²) >= 11 is 5.94. The number of ketones is 1. The minimum absolute atomic E-state index is 0.0434. The number of halogens is 1. The molecule has 0 spiro atoms. The Morgan fingerprint density at radius 3 is 2.84 bits per heavy atom. The average Bonchev–Trinajstić information content (AvgIpc) is 2.75. The van der Waals surface area contributed by atoms with E-state index >= 15 is 0 Å². The van der Waals surface area contributed by atoms with E-state index in [9.17, 15) is 4.79 Å². The van der Waals surface area contributed by atoms with Crippen LogP contribution in [0.3, 0.4) is 0 Å². The SMILES string of the molecule is CO[C@H](C)Cn1c(CCl)nc2ccc(C(C)=O)cc21. The molecule has 0 bridgehead atoms. The van der Waals surface area contributed by atoms with Gasteiger partial charge in [-0.15, -0.1) is 11.6 Å². The second kappa shape index (κ2) is 5.72. The summed E-state index contributed by atoms with van der Waals surface area (Å²) in [5.41, 5.74) is 2.45. The topological polar surface area (TPSA) is 44.1 Å². The van der Waals surface area contributed by atoms with Crippen molar-refractivity contribution in [3.8, 4) is 0 Å². The first kappa shape index (κ1) is 14.0. The first-order chi connectivity index (χ1) is 9.06. The molecule has 0 unspecified atom stereocenters. The van der Waals surface area contributed by atoms with Crippen LogP contribution in [0.2, 0.25) is 0 Å². The molecule has 19 heavy (non-hydrogen) atoms. The van der Waals surface area contributed by atoms with Crippen molar-refractivity contribution in [1.82, 2.24) is 9.55 Å². The average molecular weight is 281 g/mol. The highest BCUT2D eigenvalue weighted by Gasteiger charge is 2.13. The zero-order chi connectivity index (χ0) is 14.0. The van der Waals surface area contributed by atoms with Crippen molar-refractivity contribution < 1.29 is 9.53 Å². The lowest BCUT2D eigenvalue weighted by Crippen LogP contribution is -2.16. The summed E-state index contributed by atoms with van der Waals surface area (Å²) in [6.07, 6.45) is 0.0559. The highest BCUT2D eigenvalue weighted by molar-refractivity contribution is 6.16. The minimum Gasteiger partial charge on any atom is -0.380 e. The number of alkyl halides is 1. The monoisotopic (exact) mass is 280 g/mol. The van der Waals surface area contributed by atoms with Gasteiger partial charge < -0.3 is 9.30 Å². The fourth-order valence-electron chi connectivity index (χ4n) is 2.03. The summed E-state index contributed by atoms with van der Waals surface area (Å²) in [7, 11) is 1.67. The molecule has 2 rings (SSSR count). The maximum absolute atomic E-state index is 11.5. The molecule has 0 fully saturated rings. The lowest BCUT2D eigenvalue weighted by Gasteiger charge is -2.13. The first-order valence-electron chi connectivity index (χ1n) is 6.15. The molecule has 0 amide bonds. The van der Waals surface area contributed by atoms with Crippen molar-refractivity contribution >= 4 is 28.4 Å². The number of benzene rings is 1. The number of nitrogens with zero attached hydrogens (tertiary/aromatic N) is 2. The van der Waals surface area contributed by atoms with E-state index in [1.165, 1.54) is 0 Å². The maximum Gasteiger partial charge on any atom is 0.159 e. The van der Waals surface area contributed by atoms with Crippen LogP contribution >= 0.6 is 11.6 Å². The predicted octanol–water partition coefficient (Wildman–Crippen LogP) is 3.01. The van der Waals surface area contributed by atoms with Crippen molar-refractivity contribution in [2.24, 2.45) is 0 Å². The molecule has 0 saturated carbocycles. The second-order valence-corrected chi connectivity index (χ2v) is 4.85. The quantitative estimate of drug-likeness (QED) is 0.625. The molecule has 0 aliphatic carbocycles. The van der Waals surface area contributed by atoms with E-state index < -0.39 is 0 Å². The van der Waals surface area contributed by atoms with Crippen LogP contribution in [0.15, 0.2) is 18.2 Å². The van der Waals surface area contributed by atoms with Gasteiger partial charge in [-0.1, -0.05) is 0 Å². The van der Waals surface area contributed by atoms with Crippen LogP contribution in [-0.4, -0.2) is 28.5 Å². The lowest BCUT2D eigenvalue weighted by atomic mass is 10.1. The van der Waals surface area contributed by atoms with Crippen LogP contribution in [0, 0.1) is 0 Å². The van der Waals surface area contributed by atoms with Gasteiger partial charge in [0.15, 0.2) is 5.78 Å². The molecule has 0 aliphatic heterocycles. The Labute approximate surface area is 117 Å². The van der Waals surface area contributed by atoms with E-state index in [0.29, 0.717) is 18.0 Å². The molecule has 0 saturated heterocycles. The van der Waals surface area contributed by atoms with Gasteiger partial charge in [-0.3, -0.25) is 4.79 Å². The Balaban J connectivity index is 2.56. The minimum atomic E-state index is 0.0434. The van der Waals surface area contributed by atoms with E-state index in [1.807, 2.05) is 23.6 Å². The van der Waals surface area contributed by atoms with Crippen molar-refractivity contribution in [2.45, 2.75) is 32.4 Å². The summed E-state index contributed by atoms with van der Waals surface area (Å²) in [4.78, 5) is 16.0. The third-order valence-electron chi connectivity index (χ3n) is 3.20. The number of imidazole rings is 1. The Hall–Kier alpha value is -1.39. The standard InChI is InChI=1S/C14H17ClN2O2/c1-9(19-3)8-17-13-6-11(10(2)18)4-5-12(13)16-14(17)7-15/h4-6,9H,7-8H2,1-3H3/t9-/m1/s1. The number of aromatic nitrogens is 2. The maximum atomic E-state index is 11.5. The van der Waals surface area contributed by atoms with Gasteiger partial charge in [-0.05, 0) is 32.0 Å². The molecule has 4 nitrogen and oxygen atoms in total. The number of fused-ring (bicyclic) bond motifs is 1. The molecule has 0 radical (unpaired) electrons. The molecule has 5 heteroatoms. The molecule has 0 N–H and O–H groups in total. The van der Waals surface area contributed by atoms with Gasteiger partial charge in [-0.2, -0.15) is 0 Å². The fourth-order valence-corrected chi connectivity index (χ4v) is 2.23. The van der Waals surface area contributed by atoms with Crippen molar-refractivity contribution in [3.63, 3.8) is 0 Å². The number of carbonyl (C=O) groups excluding carboxylic acids is 1. The number of carbonyl (C=O) groups is 1. The molecule has 0 aliphatic rings. The van der Waals surface area contributed by atoms with Gasteiger partial charge >= 0.3 is 0 Å². The highest BCUT2D eigenvalue weighted by Crippen LogP contribution is 2.20. The fraction of sp³-hybridized carbons (Fsp3) is 0.429. The summed E-state index contributed by atoms with van der Waals surface area (Å²) in [6.45, 7) is 4.21. The van der Waals surface area contributed by atoms with E-state index in [4.69, 9.17) is 16.3 Å². The first-order valence-corrected chi connectivity index (χ1v) is 6.69. The van der Waals surface area contributed by atoms with Gasteiger partial charge in [0.2, 0.25) is 0 Å². The molecule has 1 aromatic carbocycles. The summed E-state index contributed by atoms with van der Waals surface area (Å²) in [5.74, 6) is 1.17. The van der Waals surface area contributed by atoms with Gasteiger partial charge in [0, 0.05) is 12.7 Å². The molecular weight excluding hydrogens is 264 g/mol.